The Balaban J connectivity index is 2.11. The Morgan fingerprint density at radius 2 is 1.89 bits per heavy atom. The molecule has 150 valence electrons. The fourth-order valence-corrected chi connectivity index (χ4v) is 3.04. The van der Waals surface area contributed by atoms with Crippen LogP contribution in [0.5, 0.6) is 11.5 Å². The highest BCUT2D eigenvalue weighted by atomic mass is 35.5. The number of amides is 2. The molecule has 2 aromatic rings. The van der Waals surface area contributed by atoms with Crippen LogP contribution in [-0.4, -0.2) is 44.0 Å². The first-order chi connectivity index (χ1) is 13.4. The van der Waals surface area contributed by atoms with Crippen molar-refractivity contribution in [1.82, 2.24) is 4.90 Å². The molecule has 0 saturated heterocycles. The Kier molecular flexibility index (Phi) is 7.70. The van der Waals surface area contributed by atoms with E-state index in [1.165, 1.54) is 18.1 Å². The van der Waals surface area contributed by atoms with Crippen LogP contribution >= 0.6 is 11.6 Å². The zero-order valence-corrected chi connectivity index (χ0v) is 17.3. The summed E-state index contributed by atoms with van der Waals surface area (Å²) in [6.45, 7) is 4.17. The number of hydrogen-bond donors (Lipinski definition) is 1. The van der Waals surface area contributed by atoms with E-state index >= 15 is 0 Å². The smallest absolute Gasteiger partial charge is 0.254 e. The zero-order chi connectivity index (χ0) is 20.7. The molecule has 0 aliphatic carbocycles. The lowest BCUT2D eigenvalue weighted by atomic mass is 10.1. The van der Waals surface area contributed by atoms with Crippen molar-refractivity contribution >= 4 is 29.1 Å². The molecule has 2 aromatic carbocycles. The number of nitrogens with one attached hydrogen (secondary N) is 1. The van der Waals surface area contributed by atoms with Crippen molar-refractivity contribution in [3.63, 3.8) is 0 Å². The first-order valence-electron chi connectivity index (χ1n) is 9.04. The molecule has 0 saturated carbocycles. The molecule has 0 fully saturated rings. The van der Waals surface area contributed by atoms with Gasteiger partial charge in [-0.2, -0.15) is 0 Å². The van der Waals surface area contributed by atoms with Gasteiger partial charge in [0.05, 0.1) is 25.3 Å². The van der Waals surface area contributed by atoms with Gasteiger partial charge in [0.2, 0.25) is 5.91 Å². The average molecular weight is 405 g/mol. The number of hydrogen-bond acceptors (Lipinski definition) is 4. The Bertz CT molecular complexity index is 854. The van der Waals surface area contributed by atoms with Crippen molar-refractivity contribution in [1.29, 1.82) is 0 Å². The van der Waals surface area contributed by atoms with Crippen molar-refractivity contribution < 1.29 is 19.1 Å². The van der Waals surface area contributed by atoms with Crippen LogP contribution in [0.15, 0.2) is 36.4 Å². The highest BCUT2D eigenvalue weighted by Crippen LogP contribution is 2.36. The maximum atomic E-state index is 12.7. The monoisotopic (exact) mass is 404 g/mol. The minimum atomic E-state index is -0.345. The molecule has 0 aromatic heterocycles. The van der Waals surface area contributed by atoms with Crippen LogP contribution in [0.2, 0.25) is 5.02 Å². The predicted octanol–water partition coefficient (Wildman–Crippen LogP) is 4.02. The molecule has 0 aliphatic rings. The molecule has 7 heteroatoms. The van der Waals surface area contributed by atoms with E-state index in [9.17, 15) is 9.59 Å². The molecule has 2 amide bonds. The number of ether oxygens (including phenoxy) is 2. The molecule has 1 N–H and O–H groups in total. The van der Waals surface area contributed by atoms with Crippen LogP contribution in [0.1, 0.15) is 29.8 Å². The van der Waals surface area contributed by atoms with Gasteiger partial charge in [-0.15, -0.1) is 0 Å². The molecule has 6 nitrogen and oxygen atoms in total. The van der Waals surface area contributed by atoms with Gasteiger partial charge >= 0.3 is 0 Å². The molecule has 0 bridgehead atoms. The number of halogens is 1. The number of rotatable bonds is 8. The second-order valence-corrected chi connectivity index (χ2v) is 6.55. The SMILES string of the molecule is CCOc1c(Cl)cc(C(=O)N(C)CC(=O)Nc2ccccc2CC)cc1OC. The lowest BCUT2D eigenvalue weighted by Gasteiger charge is -2.19. The number of anilines is 1. The third-order valence-corrected chi connectivity index (χ3v) is 4.45. The summed E-state index contributed by atoms with van der Waals surface area (Å²) >= 11 is 6.23. The summed E-state index contributed by atoms with van der Waals surface area (Å²) in [6.07, 6.45) is 0.801. The molecule has 0 aliphatic heterocycles. The highest BCUT2D eigenvalue weighted by molar-refractivity contribution is 6.32. The molecule has 2 rings (SSSR count). The fourth-order valence-electron chi connectivity index (χ4n) is 2.78. The van der Waals surface area contributed by atoms with Crippen molar-refractivity contribution in [2.45, 2.75) is 20.3 Å². The lowest BCUT2D eigenvalue weighted by Crippen LogP contribution is -2.35. The quantitative estimate of drug-likeness (QED) is 0.721. The van der Waals surface area contributed by atoms with Gasteiger partial charge in [0.1, 0.15) is 0 Å². The minimum Gasteiger partial charge on any atom is -0.493 e. The molecule has 28 heavy (non-hydrogen) atoms. The number of carbonyl (C=O) groups is 2. The van der Waals surface area contributed by atoms with Crippen LogP contribution in [0.25, 0.3) is 0 Å². The molecule has 0 heterocycles. The van der Waals surface area contributed by atoms with E-state index in [0.29, 0.717) is 23.7 Å². The van der Waals surface area contributed by atoms with E-state index in [-0.39, 0.29) is 23.4 Å². The van der Waals surface area contributed by atoms with Crippen molar-refractivity contribution in [2.24, 2.45) is 0 Å². The van der Waals surface area contributed by atoms with Gasteiger partial charge in [-0.25, -0.2) is 0 Å². The third kappa shape index (κ3) is 5.16. The molecule has 0 atom stereocenters. The first kappa shape index (κ1) is 21.6. The largest absolute Gasteiger partial charge is 0.493 e. The van der Waals surface area contributed by atoms with Crippen LogP contribution in [-0.2, 0) is 11.2 Å². The number of aryl methyl sites for hydroxylation is 1. The number of carbonyl (C=O) groups excluding carboxylic acids is 2. The van der Waals surface area contributed by atoms with Gasteiger partial charge in [-0.1, -0.05) is 36.7 Å². The van der Waals surface area contributed by atoms with Crippen LogP contribution in [0.3, 0.4) is 0 Å². The Morgan fingerprint density at radius 1 is 1.18 bits per heavy atom. The molecule has 0 radical (unpaired) electrons. The Morgan fingerprint density at radius 3 is 2.54 bits per heavy atom. The van der Waals surface area contributed by atoms with E-state index < -0.39 is 0 Å². The molecule has 0 unspecified atom stereocenters. The van der Waals surface area contributed by atoms with Gasteiger partial charge in [0.15, 0.2) is 11.5 Å². The normalized spacial score (nSPS) is 10.3. The Hall–Kier alpha value is -2.73. The number of para-hydroxylation sites is 1. The fraction of sp³-hybridized carbons (Fsp3) is 0.333. The van der Waals surface area contributed by atoms with Crippen molar-refractivity contribution in [2.75, 3.05) is 32.6 Å². The second-order valence-electron chi connectivity index (χ2n) is 6.14. The molecular formula is C21H25ClN2O4. The summed E-state index contributed by atoms with van der Waals surface area (Å²) in [5, 5.41) is 3.13. The van der Waals surface area contributed by atoms with Gasteiger partial charge in [-0.3, -0.25) is 9.59 Å². The topological polar surface area (TPSA) is 67.9 Å². The molecular weight excluding hydrogens is 380 g/mol. The van der Waals surface area contributed by atoms with Gasteiger partial charge in [-0.05, 0) is 37.1 Å². The van der Waals surface area contributed by atoms with E-state index in [0.717, 1.165) is 17.7 Å². The molecule has 0 spiro atoms. The van der Waals surface area contributed by atoms with Gasteiger partial charge in [0.25, 0.3) is 5.91 Å². The summed E-state index contributed by atoms with van der Waals surface area (Å²) in [5.41, 5.74) is 2.10. The van der Waals surface area contributed by atoms with E-state index in [4.69, 9.17) is 21.1 Å². The lowest BCUT2D eigenvalue weighted by molar-refractivity contribution is -0.116. The van der Waals surface area contributed by atoms with E-state index in [2.05, 4.69) is 5.32 Å². The average Bonchev–Trinajstić information content (AvgIpc) is 2.69. The third-order valence-electron chi connectivity index (χ3n) is 4.16. The minimum absolute atomic E-state index is 0.0932. The van der Waals surface area contributed by atoms with Crippen LogP contribution in [0, 0.1) is 0 Å². The first-order valence-corrected chi connectivity index (χ1v) is 9.42. The van der Waals surface area contributed by atoms with Crippen molar-refractivity contribution in [3.8, 4) is 11.5 Å². The van der Waals surface area contributed by atoms with Gasteiger partial charge in [0, 0.05) is 18.3 Å². The number of nitrogens with zero attached hydrogens (tertiary/aromatic N) is 1. The summed E-state index contributed by atoms with van der Waals surface area (Å²) in [4.78, 5) is 26.4. The summed E-state index contributed by atoms with van der Waals surface area (Å²) in [7, 11) is 3.04. The van der Waals surface area contributed by atoms with E-state index in [1.807, 2.05) is 38.1 Å². The summed E-state index contributed by atoms with van der Waals surface area (Å²) < 4.78 is 10.7. The number of methoxy groups -OCH3 is 1. The maximum Gasteiger partial charge on any atom is 0.254 e. The van der Waals surface area contributed by atoms with Crippen LogP contribution < -0.4 is 14.8 Å². The van der Waals surface area contributed by atoms with Gasteiger partial charge < -0.3 is 19.7 Å². The summed E-state index contributed by atoms with van der Waals surface area (Å²) in [5.74, 6) is 0.134. The predicted molar refractivity (Wildman–Crippen MR) is 111 cm³/mol. The summed E-state index contributed by atoms with van der Waals surface area (Å²) in [6, 6.07) is 10.7. The number of benzene rings is 2. The Labute approximate surface area is 170 Å². The van der Waals surface area contributed by atoms with Crippen molar-refractivity contribution in [3.05, 3.63) is 52.5 Å². The zero-order valence-electron chi connectivity index (χ0n) is 16.5. The standard InChI is InChI=1S/C21H25ClN2O4/c1-5-14-9-7-8-10-17(14)23-19(25)13-24(3)21(26)15-11-16(22)20(28-6-2)18(12-15)27-4/h7-12H,5-6,13H2,1-4H3,(H,23,25). The second kappa shape index (κ2) is 9.99. The highest BCUT2D eigenvalue weighted by Gasteiger charge is 2.20. The van der Waals surface area contributed by atoms with E-state index in [1.54, 1.807) is 13.1 Å². The number of likely N-dealkylation sites (N-methyl/N-ethyl adjacent to an activating group) is 1. The maximum absolute atomic E-state index is 12.7. The van der Waals surface area contributed by atoms with Crippen LogP contribution in [0.4, 0.5) is 5.69 Å².